The largest absolute Gasteiger partial charge is 0.399 e. The van der Waals surface area contributed by atoms with E-state index in [0.29, 0.717) is 11.3 Å². The number of hydrogen-bond acceptors (Lipinski definition) is 3. The number of rotatable bonds is 4. The summed E-state index contributed by atoms with van der Waals surface area (Å²) in [5, 5.41) is 2.97. The second kappa shape index (κ2) is 6.48. The van der Waals surface area contributed by atoms with Crippen LogP contribution in [0.3, 0.4) is 0 Å². The topological polar surface area (TPSA) is 55.1 Å². The van der Waals surface area contributed by atoms with Crippen LogP contribution in [0, 0.1) is 6.92 Å². The first kappa shape index (κ1) is 14.5. The van der Waals surface area contributed by atoms with E-state index in [-0.39, 0.29) is 5.91 Å². The van der Waals surface area contributed by atoms with Crippen molar-refractivity contribution in [2.75, 3.05) is 16.8 Å². The van der Waals surface area contributed by atoms with Crippen LogP contribution in [0.1, 0.15) is 22.8 Å². The van der Waals surface area contributed by atoms with E-state index >= 15 is 0 Å². The molecule has 2 rings (SSSR count). The molecule has 0 aliphatic rings. The Morgan fingerprint density at radius 1 is 1.25 bits per heavy atom. The van der Waals surface area contributed by atoms with E-state index in [1.54, 1.807) is 23.9 Å². The maximum Gasteiger partial charge on any atom is 0.255 e. The van der Waals surface area contributed by atoms with Crippen LogP contribution in [-0.4, -0.2) is 11.7 Å². The summed E-state index contributed by atoms with van der Waals surface area (Å²) in [4.78, 5) is 13.4. The number of anilines is 2. The Hall–Kier alpha value is -1.94. The molecule has 0 aliphatic heterocycles. The van der Waals surface area contributed by atoms with E-state index in [9.17, 15) is 4.79 Å². The molecule has 2 aromatic rings. The van der Waals surface area contributed by atoms with Gasteiger partial charge in [0.1, 0.15) is 0 Å². The molecule has 0 saturated heterocycles. The van der Waals surface area contributed by atoms with Gasteiger partial charge in [0.15, 0.2) is 0 Å². The molecule has 0 bridgehead atoms. The molecule has 2 aromatic carbocycles. The highest BCUT2D eigenvalue weighted by molar-refractivity contribution is 7.99. The third-order valence-corrected chi connectivity index (χ3v) is 3.89. The van der Waals surface area contributed by atoms with E-state index < -0.39 is 0 Å². The van der Waals surface area contributed by atoms with Crippen LogP contribution >= 0.6 is 11.8 Å². The predicted molar refractivity (Wildman–Crippen MR) is 86.4 cm³/mol. The fraction of sp³-hybridized carbons (Fsp3) is 0.188. The highest BCUT2D eigenvalue weighted by atomic mass is 32.2. The Labute approximate surface area is 123 Å². The van der Waals surface area contributed by atoms with Gasteiger partial charge in [-0.05, 0) is 48.6 Å². The third kappa shape index (κ3) is 3.33. The lowest BCUT2D eigenvalue weighted by Gasteiger charge is -2.11. The van der Waals surface area contributed by atoms with Crippen LogP contribution in [-0.2, 0) is 0 Å². The van der Waals surface area contributed by atoms with Gasteiger partial charge < -0.3 is 11.1 Å². The SMILES string of the molecule is CCSc1ccccc1NC(=O)c1ccc(N)cc1C. The van der Waals surface area contributed by atoms with Crippen molar-refractivity contribution in [3.05, 3.63) is 53.6 Å². The van der Waals surface area contributed by atoms with E-state index in [1.807, 2.05) is 37.3 Å². The van der Waals surface area contributed by atoms with E-state index in [0.717, 1.165) is 21.9 Å². The second-order valence-electron chi connectivity index (χ2n) is 4.46. The van der Waals surface area contributed by atoms with Crippen molar-refractivity contribution in [3.8, 4) is 0 Å². The Kier molecular flexibility index (Phi) is 4.69. The average Bonchev–Trinajstić information content (AvgIpc) is 2.41. The first-order valence-corrected chi connectivity index (χ1v) is 7.49. The summed E-state index contributed by atoms with van der Waals surface area (Å²) in [6, 6.07) is 13.1. The van der Waals surface area contributed by atoms with Gasteiger partial charge in [0.25, 0.3) is 5.91 Å². The minimum Gasteiger partial charge on any atom is -0.399 e. The Bertz CT molecular complexity index is 626. The number of nitrogens with two attached hydrogens (primary N) is 1. The summed E-state index contributed by atoms with van der Waals surface area (Å²) in [6.45, 7) is 3.98. The molecule has 0 aliphatic carbocycles. The molecule has 20 heavy (non-hydrogen) atoms. The zero-order valence-electron chi connectivity index (χ0n) is 11.6. The van der Waals surface area contributed by atoms with Crippen LogP contribution in [0.15, 0.2) is 47.4 Å². The molecule has 0 atom stereocenters. The minimum absolute atomic E-state index is 0.105. The Morgan fingerprint density at radius 3 is 2.70 bits per heavy atom. The van der Waals surface area contributed by atoms with Crippen molar-refractivity contribution in [1.82, 2.24) is 0 Å². The minimum atomic E-state index is -0.105. The van der Waals surface area contributed by atoms with Crippen molar-refractivity contribution in [3.63, 3.8) is 0 Å². The normalized spacial score (nSPS) is 10.3. The summed E-state index contributed by atoms with van der Waals surface area (Å²) in [6.07, 6.45) is 0. The molecular formula is C16H18N2OS. The molecule has 0 unspecified atom stereocenters. The molecule has 3 nitrogen and oxygen atoms in total. The third-order valence-electron chi connectivity index (χ3n) is 2.93. The molecule has 0 spiro atoms. The molecule has 0 aromatic heterocycles. The number of amides is 1. The lowest BCUT2D eigenvalue weighted by atomic mass is 10.1. The summed E-state index contributed by atoms with van der Waals surface area (Å²) < 4.78 is 0. The van der Waals surface area contributed by atoms with E-state index in [1.165, 1.54) is 0 Å². The molecule has 1 amide bonds. The molecule has 0 heterocycles. The van der Waals surface area contributed by atoms with Crippen molar-refractivity contribution in [2.45, 2.75) is 18.7 Å². The molecule has 4 heteroatoms. The first-order valence-electron chi connectivity index (χ1n) is 6.51. The van der Waals surface area contributed by atoms with Crippen molar-refractivity contribution in [1.29, 1.82) is 0 Å². The molecular weight excluding hydrogens is 268 g/mol. The smallest absolute Gasteiger partial charge is 0.255 e. The standard InChI is InChI=1S/C16H18N2OS/c1-3-20-15-7-5-4-6-14(15)18-16(19)13-9-8-12(17)10-11(13)2/h4-10H,3,17H2,1-2H3,(H,18,19). The van der Waals surface area contributed by atoms with Gasteiger partial charge in [-0.15, -0.1) is 11.8 Å². The lowest BCUT2D eigenvalue weighted by Crippen LogP contribution is -2.14. The van der Waals surface area contributed by atoms with Gasteiger partial charge in [-0.1, -0.05) is 19.1 Å². The van der Waals surface area contributed by atoms with Gasteiger partial charge in [0, 0.05) is 16.1 Å². The number of carbonyl (C=O) groups excluding carboxylic acids is 1. The number of carbonyl (C=O) groups is 1. The fourth-order valence-corrected chi connectivity index (χ4v) is 2.74. The number of hydrogen-bond donors (Lipinski definition) is 2. The van der Waals surface area contributed by atoms with Gasteiger partial charge in [0.05, 0.1) is 5.69 Å². The fourth-order valence-electron chi connectivity index (χ4n) is 1.98. The monoisotopic (exact) mass is 286 g/mol. The number of aryl methyl sites for hydroxylation is 1. The van der Waals surface area contributed by atoms with Gasteiger partial charge in [-0.3, -0.25) is 4.79 Å². The van der Waals surface area contributed by atoms with Gasteiger partial charge >= 0.3 is 0 Å². The summed E-state index contributed by atoms with van der Waals surface area (Å²) >= 11 is 1.71. The number of para-hydroxylation sites is 1. The Morgan fingerprint density at radius 2 is 2.00 bits per heavy atom. The van der Waals surface area contributed by atoms with Gasteiger partial charge in [-0.25, -0.2) is 0 Å². The Balaban J connectivity index is 2.23. The zero-order valence-corrected chi connectivity index (χ0v) is 12.5. The second-order valence-corrected chi connectivity index (χ2v) is 5.76. The molecule has 3 N–H and O–H groups in total. The maximum absolute atomic E-state index is 12.3. The van der Waals surface area contributed by atoms with Gasteiger partial charge in [-0.2, -0.15) is 0 Å². The van der Waals surface area contributed by atoms with Crippen LogP contribution in [0.5, 0.6) is 0 Å². The molecule has 0 saturated carbocycles. The van der Waals surface area contributed by atoms with Crippen molar-refractivity contribution >= 4 is 29.0 Å². The summed E-state index contributed by atoms with van der Waals surface area (Å²) in [5.41, 5.74) is 8.75. The van der Waals surface area contributed by atoms with E-state index in [4.69, 9.17) is 5.73 Å². The zero-order chi connectivity index (χ0) is 14.5. The predicted octanol–water partition coefficient (Wildman–Crippen LogP) is 3.94. The molecule has 0 fully saturated rings. The highest BCUT2D eigenvalue weighted by Gasteiger charge is 2.11. The number of benzene rings is 2. The average molecular weight is 286 g/mol. The van der Waals surface area contributed by atoms with Crippen LogP contribution in [0.25, 0.3) is 0 Å². The number of nitrogens with one attached hydrogen (secondary N) is 1. The first-order chi connectivity index (χ1) is 9.61. The molecule has 104 valence electrons. The number of thioether (sulfide) groups is 1. The van der Waals surface area contributed by atoms with Crippen LogP contribution in [0.2, 0.25) is 0 Å². The quantitative estimate of drug-likeness (QED) is 0.661. The molecule has 0 radical (unpaired) electrons. The summed E-state index contributed by atoms with van der Waals surface area (Å²) in [5.74, 6) is 0.861. The van der Waals surface area contributed by atoms with E-state index in [2.05, 4.69) is 12.2 Å². The van der Waals surface area contributed by atoms with Gasteiger partial charge in [0.2, 0.25) is 0 Å². The highest BCUT2D eigenvalue weighted by Crippen LogP contribution is 2.27. The van der Waals surface area contributed by atoms with Crippen molar-refractivity contribution < 1.29 is 4.79 Å². The maximum atomic E-state index is 12.3. The summed E-state index contributed by atoms with van der Waals surface area (Å²) in [7, 11) is 0. The van der Waals surface area contributed by atoms with Crippen LogP contribution in [0.4, 0.5) is 11.4 Å². The number of nitrogen functional groups attached to an aromatic ring is 1. The van der Waals surface area contributed by atoms with Crippen LogP contribution < -0.4 is 11.1 Å². The lowest BCUT2D eigenvalue weighted by molar-refractivity contribution is 0.102. The van der Waals surface area contributed by atoms with Crippen molar-refractivity contribution in [2.24, 2.45) is 0 Å².